The summed E-state index contributed by atoms with van der Waals surface area (Å²) < 4.78 is 26.6. The lowest BCUT2D eigenvalue weighted by Crippen LogP contribution is -2.62. The van der Waals surface area contributed by atoms with Crippen molar-refractivity contribution in [2.24, 2.45) is 29.6 Å². The van der Waals surface area contributed by atoms with E-state index in [1.807, 2.05) is 39.3 Å². The van der Waals surface area contributed by atoms with Crippen molar-refractivity contribution in [3.63, 3.8) is 0 Å². The predicted molar refractivity (Wildman–Crippen MR) is 410 cm³/mol. The Morgan fingerprint density at radius 2 is 0.954 bits per heavy atom. The second-order valence-electron chi connectivity index (χ2n) is 31.4. The molecule has 4 rings (SSSR count). The number of aliphatic hydroxyl groups is 1. The summed E-state index contributed by atoms with van der Waals surface area (Å²) in [5, 5.41) is 22.7. The van der Waals surface area contributed by atoms with Crippen LogP contribution in [0.15, 0.2) is 60.7 Å². The first-order valence-electron chi connectivity index (χ1n) is 38.1. The van der Waals surface area contributed by atoms with Gasteiger partial charge in [-0.25, -0.2) is 8.42 Å². The summed E-state index contributed by atoms with van der Waals surface area (Å²) in [6.07, 6.45) is -0.0119. The number of unbranched alkanes of at least 4 members (excludes halogenated alkanes) is 1. The Labute approximate surface area is 640 Å². The van der Waals surface area contributed by atoms with E-state index in [2.05, 4.69) is 21.3 Å². The summed E-state index contributed by atoms with van der Waals surface area (Å²) in [7, 11) is 4.06. The van der Waals surface area contributed by atoms with Crippen molar-refractivity contribution in [2.75, 3.05) is 74.7 Å². The highest BCUT2D eigenvalue weighted by Crippen LogP contribution is 2.25. The van der Waals surface area contributed by atoms with E-state index in [4.69, 9.17) is 0 Å². The normalized spacial score (nSPS) is 24.2. The maximum absolute atomic E-state index is 15.7. The van der Waals surface area contributed by atoms with E-state index in [0.717, 1.165) is 27.4 Å². The summed E-state index contributed by atoms with van der Waals surface area (Å²) in [6, 6.07) is 2.98. The zero-order valence-corrected chi connectivity index (χ0v) is 68.1. The number of nitrogens with one attached hydrogen (secondary N) is 5. The summed E-state index contributed by atoms with van der Waals surface area (Å²) in [4.78, 5) is 206. The summed E-state index contributed by atoms with van der Waals surface area (Å²) in [5.74, 6) is -12.4. The quantitative estimate of drug-likeness (QED) is 0.0982. The summed E-state index contributed by atoms with van der Waals surface area (Å²) >= 11 is 0. The van der Waals surface area contributed by atoms with Crippen LogP contribution >= 0.6 is 0 Å². The van der Waals surface area contributed by atoms with Gasteiger partial charge in [0.05, 0.1) is 25.3 Å². The molecule has 2 heterocycles. The van der Waals surface area contributed by atoms with Gasteiger partial charge in [0.2, 0.25) is 86.8 Å². The fraction of sp³-hybridized carbons (Fsp3) is 0.679. The molecule has 30 heteroatoms. The molecule has 6 N–H and O–H groups in total. The number of hydrogen-bond acceptors (Lipinski definition) is 16. The van der Waals surface area contributed by atoms with Gasteiger partial charge in [-0.2, -0.15) is 0 Å². The Balaban J connectivity index is 2.07. The SMILES string of the molecule is CCCCN1CC(=O)N(C)[C@@H](C(C)C)C(=O)N[C@H](C(=O)N2CCCCC2)CC(=O)N(C)[C@@H](CC(C)C)C(=O)N[C@@H](CCC(=O)NS(C)(=O)=O)C(=O)N(C)[C@@H](CC(C)C)C(=O)N(C)[C@@H](Cc2ccccc2)C(=O)N[C@@H](CC(C)C)C(=O)N(C)[C@@H](Cc2ccccc2)C(=O)N(C)[C@@H](CC(C)C)C(=O)N[C@@H]([C@@H](C)O)C1=O. The highest BCUT2D eigenvalue weighted by molar-refractivity contribution is 7.89. The van der Waals surface area contributed by atoms with Gasteiger partial charge in [-0.15, -0.1) is 0 Å². The lowest BCUT2D eigenvalue weighted by molar-refractivity contribution is -0.152. The zero-order chi connectivity index (χ0) is 81.4. The van der Waals surface area contributed by atoms with Crippen LogP contribution in [0, 0.1) is 29.6 Å². The van der Waals surface area contributed by atoms with Crippen LogP contribution in [0.25, 0.3) is 0 Å². The Morgan fingerprint density at radius 3 is 1.45 bits per heavy atom. The minimum absolute atomic E-state index is 0.0201. The number of carbonyl (C=O) groups is 13. The van der Waals surface area contributed by atoms with Crippen molar-refractivity contribution in [3.8, 4) is 0 Å². The van der Waals surface area contributed by atoms with Crippen LogP contribution < -0.4 is 26.0 Å². The van der Waals surface area contributed by atoms with E-state index in [9.17, 15) is 27.9 Å². The number of rotatable bonds is 22. The number of hydrogen-bond donors (Lipinski definition) is 6. The fourth-order valence-electron chi connectivity index (χ4n) is 13.8. The lowest BCUT2D eigenvalue weighted by Gasteiger charge is -2.38. The molecular weight excluding hydrogens is 1410 g/mol. The van der Waals surface area contributed by atoms with Crippen molar-refractivity contribution < 1.29 is 75.9 Å². The molecule has 0 aliphatic carbocycles. The number of aliphatic hydroxyl groups excluding tert-OH is 1. The van der Waals surface area contributed by atoms with Crippen molar-refractivity contribution in [3.05, 3.63) is 71.8 Å². The van der Waals surface area contributed by atoms with Crippen molar-refractivity contribution >= 4 is 86.8 Å². The van der Waals surface area contributed by atoms with Gasteiger partial charge < -0.3 is 65.6 Å². The van der Waals surface area contributed by atoms with Gasteiger partial charge in [-0.05, 0) is 105 Å². The molecule has 0 spiro atoms. The first-order valence-corrected chi connectivity index (χ1v) is 40.0. The molecular formula is C78H125N13O16S. The molecule has 0 radical (unpaired) electrons. The largest absolute Gasteiger partial charge is 0.391 e. The van der Waals surface area contributed by atoms with Gasteiger partial charge in [0, 0.05) is 81.2 Å². The minimum atomic E-state index is -4.13. The Bertz CT molecular complexity index is 3500. The number of nitrogens with zero attached hydrogens (tertiary/aromatic N) is 8. The Hall–Kier alpha value is -8.54. The molecule has 2 aromatic carbocycles. The molecule has 0 bridgehead atoms. The van der Waals surface area contributed by atoms with Crippen LogP contribution in [0.3, 0.4) is 0 Å². The molecule has 0 saturated carbocycles. The average molecular weight is 1530 g/mol. The third kappa shape index (κ3) is 27.5. The van der Waals surface area contributed by atoms with Crippen LogP contribution in [-0.2, 0) is 85.2 Å². The average Bonchev–Trinajstić information content (AvgIpc) is 0.821. The Kier molecular flexibility index (Phi) is 36.6. The number of likely N-dealkylation sites (tertiary alicyclic amines) is 1. The second kappa shape index (κ2) is 43.0. The van der Waals surface area contributed by atoms with E-state index in [1.165, 1.54) is 73.7 Å². The summed E-state index contributed by atoms with van der Waals surface area (Å²) in [6.45, 7) is 20.8. The zero-order valence-electron chi connectivity index (χ0n) is 67.3. The standard InChI is InChI=1S/C78H125N13O16S/c1-20-21-37-91-47-66(95)89(18)68(52(10)11)72(99)81-58(75(102)90-38-29-24-30-39-90)46-65(94)84(13)59(41-49(4)5)69(96)79-56(35-36-64(93)83-108(19,106)107)73(100)87(16)62(43-51(8)9)76(103)86(15)61(44-54-31-25-22-26-32-54)70(97)80-57(40-48(2)3)74(101)88(17)63(45-55-33-27-23-28-34-55)77(104)85(14)60(42-50(6)7)71(98)82-67(53(12)92)78(91)105/h22-23,25-28,31-34,48-53,56-63,67-68,92H,20-21,24,29-30,35-47H2,1-19H3,(H,79,96)(H,80,97)(H,81,99)(H,82,98)(H,83,93)/t53-,56+,57+,58+,59+,60+,61+,62+,63+,67+,68+/m1/s1. The maximum atomic E-state index is 15.7. The molecule has 29 nitrogen and oxygen atoms in total. The number of likely N-dealkylation sites (N-methyl/N-ethyl adjacent to an activating group) is 6. The highest BCUT2D eigenvalue weighted by atomic mass is 32.2. The molecule has 2 aliphatic heterocycles. The fourth-order valence-corrected chi connectivity index (χ4v) is 14.3. The van der Waals surface area contributed by atoms with E-state index >= 15 is 47.9 Å². The van der Waals surface area contributed by atoms with Gasteiger partial charge in [0.1, 0.15) is 60.4 Å². The highest BCUT2D eigenvalue weighted by Gasteiger charge is 2.45. The third-order valence-corrected chi connectivity index (χ3v) is 20.6. The third-order valence-electron chi connectivity index (χ3n) is 20.0. The first kappa shape index (κ1) is 91.8. The van der Waals surface area contributed by atoms with Crippen molar-refractivity contribution in [2.45, 2.75) is 239 Å². The van der Waals surface area contributed by atoms with Crippen molar-refractivity contribution in [1.82, 2.24) is 65.2 Å². The van der Waals surface area contributed by atoms with Gasteiger partial charge in [-0.1, -0.05) is 143 Å². The van der Waals surface area contributed by atoms with Crippen molar-refractivity contribution in [1.29, 1.82) is 0 Å². The molecule has 2 fully saturated rings. The molecule has 0 unspecified atom stereocenters. The smallest absolute Gasteiger partial charge is 0.248 e. The number of sulfonamides is 1. The second-order valence-corrected chi connectivity index (χ2v) is 33.2. The molecule has 604 valence electrons. The summed E-state index contributed by atoms with van der Waals surface area (Å²) in [5.41, 5.74) is 1.22. The van der Waals surface area contributed by atoms with E-state index in [-0.39, 0.29) is 68.7 Å². The van der Waals surface area contributed by atoms with Gasteiger partial charge in [0.15, 0.2) is 0 Å². The lowest BCUT2D eigenvalue weighted by atomic mass is 9.96. The molecule has 2 aromatic rings. The molecule has 2 saturated heterocycles. The predicted octanol–water partition coefficient (Wildman–Crippen LogP) is 3.50. The number of benzene rings is 2. The molecule has 108 heavy (non-hydrogen) atoms. The van der Waals surface area contributed by atoms with Gasteiger partial charge in [0.25, 0.3) is 0 Å². The Morgan fingerprint density at radius 1 is 0.509 bits per heavy atom. The molecule has 11 atom stereocenters. The van der Waals surface area contributed by atoms with E-state index in [0.29, 0.717) is 49.9 Å². The van der Waals surface area contributed by atoms with Crippen LogP contribution in [0.5, 0.6) is 0 Å². The number of piperidine rings is 1. The van der Waals surface area contributed by atoms with Crippen LogP contribution in [-0.4, -0.2) is 271 Å². The minimum Gasteiger partial charge on any atom is -0.391 e. The molecule has 2 aliphatic rings. The topological polar surface area (TPSA) is 362 Å². The molecule has 0 aromatic heterocycles. The van der Waals surface area contributed by atoms with Gasteiger partial charge >= 0.3 is 0 Å². The first-order chi connectivity index (χ1) is 50.5. The van der Waals surface area contributed by atoms with Crippen LogP contribution in [0.1, 0.15) is 171 Å². The van der Waals surface area contributed by atoms with E-state index in [1.54, 1.807) is 102 Å². The van der Waals surface area contributed by atoms with E-state index < -0.39 is 185 Å². The van der Waals surface area contributed by atoms with Crippen LogP contribution in [0.4, 0.5) is 0 Å². The monoisotopic (exact) mass is 1530 g/mol. The van der Waals surface area contributed by atoms with Gasteiger partial charge in [-0.3, -0.25) is 67.1 Å². The number of carbonyl (C=O) groups excluding carboxylic acids is 13. The number of amides is 13. The maximum Gasteiger partial charge on any atom is 0.248 e. The molecule has 13 amide bonds. The van der Waals surface area contributed by atoms with Crippen LogP contribution in [0.2, 0.25) is 0 Å².